The topological polar surface area (TPSA) is 30.7 Å². The second-order valence-corrected chi connectivity index (χ2v) is 17.8. The van der Waals surface area contributed by atoms with Gasteiger partial charge in [0.1, 0.15) is 24.7 Å². The molecular weight excluding hydrogens is 747 g/mol. The van der Waals surface area contributed by atoms with Crippen LogP contribution in [0.25, 0.3) is 28.0 Å². The Balaban J connectivity index is 1.02. The van der Waals surface area contributed by atoms with E-state index >= 15 is 0 Å². The van der Waals surface area contributed by atoms with Gasteiger partial charge in [0.15, 0.2) is 6.21 Å². The summed E-state index contributed by atoms with van der Waals surface area (Å²) in [7, 11) is 0. The summed E-state index contributed by atoms with van der Waals surface area (Å²) in [6.07, 6.45) is 24.6. The van der Waals surface area contributed by atoms with Crippen LogP contribution in [-0.4, -0.2) is 17.5 Å². The first kappa shape index (κ1) is 42.3. The van der Waals surface area contributed by atoms with Crippen molar-refractivity contribution >= 4 is 12.0 Å². The van der Waals surface area contributed by atoms with Crippen molar-refractivity contribution in [3.8, 4) is 33.8 Å². The number of unbranched alkanes of at least 4 members (excludes halogenated alkanes) is 10. The molecule has 61 heavy (non-hydrogen) atoms. The van der Waals surface area contributed by atoms with Crippen LogP contribution >= 0.6 is 0 Å². The highest BCUT2D eigenvalue weighted by Crippen LogP contribution is 2.55. The molecule has 3 aliphatic rings. The van der Waals surface area contributed by atoms with Gasteiger partial charge >= 0.3 is 0 Å². The quantitative estimate of drug-likeness (QED) is 0.0515. The minimum Gasteiger partial charge on any atom is -0.489 e. The Morgan fingerprint density at radius 1 is 0.541 bits per heavy atom. The Morgan fingerprint density at radius 3 is 1.72 bits per heavy atom. The van der Waals surface area contributed by atoms with E-state index < -0.39 is 0 Å². The van der Waals surface area contributed by atoms with Crippen LogP contribution in [-0.2, 0) is 23.4 Å². The first-order valence-electron chi connectivity index (χ1n) is 23.4. The summed E-state index contributed by atoms with van der Waals surface area (Å²) in [6.45, 7) is 10.4. The third-order valence-corrected chi connectivity index (χ3v) is 13.2. The monoisotopic (exact) mass is 813 g/mol. The molecule has 4 heteroatoms. The number of hydrogen-bond donors (Lipinski definition) is 0. The summed E-state index contributed by atoms with van der Waals surface area (Å²) in [4.78, 5) is 0. The minimum atomic E-state index is 0.0676. The molecule has 5 aromatic carbocycles. The van der Waals surface area contributed by atoms with Crippen molar-refractivity contribution in [2.75, 3.05) is 6.73 Å². The molecule has 4 nitrogen and oxygen atoms in total. The van der Waals surface area contributed by atoms with Crippen LogP contribution in [0.2, 0.25) is 0 Å². The Bertz CT molecular complexity index is 2350. The number of aryl methyl sites for hydroxylation is 2. The van der Waals surface area contributed by atoms with Crippen LogP contribution in [0.3, 0.4) is 0 Å². The van der Waals surface area contributed by atoms with Crippen LogP contribution in [0.1, 0.15) is 143 Å². The van der Waals surface area contributed by atoms with Crippen LogP contribution in [0.4, 0.5) is 0 Å². The fourth-order valence-electron chi connectivity index (χ4n) is 9.72. The van der Waals surface area contributed by atoms with Crippen LogP contribution in [0.5, 0.6) is 11.5 Å². The van der Waals surface area contributed by atoms with E-state index in [2.05, 4.69) is 141 Å². The van der Waals surface area contributed by atoms with Gasteiger partial charge in [-0.2, -0.15) is 4.58 Å². The average Bonchev–Trinajstić information content (AvgIpc) is 3.98. The van der Waals surface area contributed by atoms with E-state index in [9.17, 15) is 0 Å². The van der Waals surface area contributed by atoms with Gasteiger partial charge in [0, 0.05) is 29.2 Å². The zero-order valence-electron chi connectivity index (χ0n) is 37.2. The molecule has 0 saturated heterocycles. The Labute approximate surface area is 366 Å². The van der Waals surface area contributed by atoms with Crippen LogP contribution in [0, 0.1) is 13.8 Å². The van der Waals surface area contributed by atoms with Crippen molar-refractivity contribution in [3.63, 3.8) is 0 Å². The standard InChI is InChI=1S/C57H66NO3/c1-5-7-9-11-13-15-31-57(32-16-14-12-10-8-6-2)53-34-43(4)21-29-51(53)52-30-28-47(37-54(52)57)46-26-24-45(25-27-46)40-60-50-36-48(56-55-18-17-33-58(55)41-61-56)35-49(38-50)59-39-44-22-19-42(3)20-23-44/h17-30,33-38H,5-16,31-32,39-41H2,1-4H3/q+1. The molecule has 0 N–H and O–H groups in total. The summed E-state index contributed by atoms with van der Waals surface area (Å²) in [5, 5.41) is 0. The zero-order chi connectivity index (χ0) is 42.0. The van der Waals surface area contributed by atoms with Crippen molar-refractivity contribution in [3.05, 3.63) is 160 Å². The molecule has 0 amide bonds. The van der Waals surface area contributed by atoms with Gasteiger partial charge in [0.05, 0.1) is 0 Å². The Hall–Kier alpha value is -5.35. The molecule has 2 heterocycles. The maximum absolute atomic E-state index is 6.53. The molecule has 0 aromatic heterocycles. The number of benzene rings is 5. The minimum absolute atomic E-state index is 0.0676. The number of rotatable bonds is 22. The largest absolute Gasteiger partial charge is 0.489 e. The second-order valence-electron chi connectivity index (χ2n) is 17.8. The second kappa shape index (κ2) is 20.0. The lowest BCUT2D eigenvalue weighted by Crippen LogP contribution is -2.25. The SMILES string of the molecule is CCCCCCCCC1(CCCCCCCC)c2cc(C)ccc2-c2ccc(-c3ccc(COc4cc(OCc5ccc(C)cc5)cc(C5=C6C=CC=[N+]6CO5)c4)cc3)cc21. The van der Waals surface area contributed by atoms with Crippen LogP contribution in [0.15, 0.2) is 121 Å². The van der Waals surface area contributed by atoms with E-state index in [1.165, 1.54) is 123 Å². The number of ether oxygens (including phenoxy) is 3. The lowest BCUT2D eigenvalue weighted by Gasteiger charge is -2.33. The summed E-state index contributed by atoms with van der Waals surface area (Å²) >= 11 is 0. The van der Waals surface area contributed by atoms with Gasteiger partial charge in [-0.05, 0) is 89.4 Å². The number of hydrogen-bond acceptors (Lipinski definition) is 3. The van der Waals surface area contributed by atoms with E-state index in [-0.39, 0.29) is 5.41 Å². The van der Waals surface area contributed by atoms with Crippen molar-refractivity contribution in [1.82, 2.24) is 0 Å². The summed E-state index contributed by atoms with van der Waals surface area (Å²) in [5.41, 5.74) is 15.5. The third-order valence-electron chi connectivity index (χ3n) is 13.2. The first-order chi connectivity index (χ1) is 29.9. The van der Waals surface area contributed by atoms with Gasteiger partial charge in [-0.1, -0.05) is 181 Å². The highest BCUT2D eigenvalue weighted by molar-refractivity contribution is 5.84. The maximum atomic E-state index is 6.53. The molecule has 0 saturated carbocycles. The predicted molar refractivity (Wildman–Crippen MR) is 253 cm³/mol. The van der Waals surface area contributed by atoms with E-state index in [4.69, 9.17) is 14.2 Å². The summed E-state index contributed by atoms with van der Waals surface area (Å²) in [5.74, 6) is 2.35. The molecule has 8 rings (SSSR count). The van der Waals surface area contributed by atoms with Gasteiger partial charge in [-0.15, -0.1) is 0 Å². The lowest BCUT2D eigenvalue weighted by atomic mass is 9.70. The number of fused-ring (bicyclic) bond motifs is 4. The smallest absolute Gasteiger partial charge is 0.293 e. The third kappa shape index (κ3) is 9.91. The van der Waals surface area contributed by atoms with Gasteiger partial charge in [0.25, 0.3) is 12.4 Å². The summed E-state index contributed by atoms with van der Waals surface area (Å²) < 4.78 is 21.2. The van der Waals surface area contributed by atoms with Gasteiger partial charge in [0.2, 0.25) is 5.76 Å². The average molecular weight is 813 g/mol. The summed E-state index contributed by atoms with van der Waals surface area (Å²) in [6, 6.07) is 38.2. The molecule has 0 unspecified atom stereocenters. The molecular formula is C57H66NO3+. The van der Waals surface area contributed by atoms with Gasteiger partial charge in [-0.3, -0.25) is 0 Å². The maximum Gasteiger partial charge on any atom is 0.293 e. The van der Waals surface area contributed by atoms with E-state index in [0.29, 0.717) is 19.9 Å². The van der Waals surface area contributed by atoms with Gasteiger partial charge in [-0.25, -0.2) is 0 Å². The van der Waals surface area contributed by atoms with Crippen molar-refractivity contribution in [2.24, 2.45) is 0 Å². The molecule has 1 aliphatic carbocycles. The fourth-order valence-corrected chi connectivity index (χ4v) is 9.72. The Kier molecular flexibility index (Phi) is 13.9. The molecule has 0 bridgehead atoms. The highest BCUT2D eigenvalue weighted by atomic mass is 16.5. The normalized spacial score (nSPS) is 14.5. The van der Waals surface area contributed by atoms with E-state index in [1.54, 1.807) is 11.1 Å². The van der Waals surface area contributed by atoms with E-state index in [1.807, 2.05) is 12.3 Å². The van der Waals surface area contributed by atoms with E-state index in [0.717, 1.165) is 39.6 Å². The van der Waals surface area contributed by atoms with Crippen LogP contribution < -0.4 is 9.47 Å². The Morgan fingerprint density at radius 2 is 1.08 bits per heavy atom. The van der Waals surface area contributed by atoms with Crippen molar-refractivity contribution < 1.29 is 18.8 Å². The molecule has 5 aromatic rings. The molecule has 316 valence electrons. The first-order valence-corrected chi connectivity index (χ1v) is 23.4. The van der Waals surface area contributed by atoms with Crippen molar-refractivity contribution in [2.45, 2.75) is 136 Å². The molecule has 0 spiro atoms. The molecule has 2 aliphatic heterocycles. The zero-order valence-corrected chi connectivity index (χ0v) is 37.2. The van der Waals surface area contributed by atoms with Crippen molar-refractivity contribution in [1.29, 1.82) is 0 Å². The fraction of sp³-hybridized carbons (Fsp3) is 0.386. The highest BCUT2D eigenvalue weighted by Gasteiger charge is 2.42. The molecule has 0 radical (unpaired) electrons. The van der Waals surface area contributed by atoms with Gasteiger partial charge < -0.3 is 14.2 Å². The molecule has 0 fully saturated rings. The predicted octanol–water partition coefficient (Wildman–Crippen LogP) is 15.2. The lowest BCUT2D eigenvalue weighted by molar-refractivity contribution is -0.484. The number of nitrogens with zero attached hydrogens (tertiary/aromatic N) is 1. The number of allylic oxidation sites excluding steroid dienone is 2. The molecule has 0 atom stereocenters.